The molecule has 3 aliphatic rings. The number of methoxy groups -OCH3 is 1. The maximum absolute atomic E-state index is 13.1. The number of nitrogens with zero attached hydrogens (tertiary/aromatic N) is 1. The number of imide groups is 1. The van der Waals surface area contributed by atoms with Crippen molar-refractivity contribution < 1.29 is 24.2 Å². The quantitative estimate of drug-likeness (QED) is 0.441. The number of ether oxygens (including phenoxy) is 2. The van der Waals surface area contributed by atoms with E-state index in [0.717, 1.165) is 36.0 Å². The maximum Gasteiger partial charge on any atom is 0.233 e. The fraction of sp³-hybridized carbons (Fsp3) is 0.538. The molecule has 4 rings (SSSR count). The molecule has 0 spiro atoms. The summed E-state index contributed by atoms with van der Waals surface area (Å²) in [7, 11) is 1.67. The third-order valence-corrected chi connectivity index (χ3v) is 7.38. The minimum atomic E-state index is -0.308. The molecular formula is C26H32ClNO5. The molecule has 2 fully saturated rings. The molecule has 0 saturated carbocycles. The Hall–Kier alpha value is -2.15. The van der Waals surface area contributed by atoms with E-state index in [1.165, 1.54) is 16.5 Å². The normalized spacial score (nSPS) is 27.4. The highest BCUT2D eigenvalue weighted by Gasteiger charge is 2.56. The molecule has 1 aromatic carbocycles. The average molecular weight is 474 g/mol. The fourth-order valence-electron chi connectivity index (χ4n) is 5.62. The topological polar surface area (TPSA) is 76.1 Å². The Kier molecular flexibility index (Phi) is 7.27. The van der Waals surface area contributed by atoms with Crippen LogP contribution in [0.25, 0.3) is 6.08 Å². The Balaban J connectivity index is 1.53. The minimum Gasteiger partial charge on any atom is -0.508 e. The largest absolute Gasteiger partial charge is 0.508 e. The summed E-state index contributed by atoms with van der Waals surface area (Å²) in [6, 6.07) is 4.96. The van der Waals surface area contributed by atoms with E-state index in [1.807, 2.05) is 13.0 Å². The SMILES string of the molecule is CCCN1C(=O)[C@@H]2[C@@H](CC(COC)=C3[C@@H](CC/C(C)=C/c4ccc(O)cc4Cl)OC[C@@H]32)C1=O. The number of hydrogen-bond donors (Lipinski definition) is 1. The lowest BCUT2D eigenvalue weighted by molar-refractivity contribution is -0.140. The molecular weight excluding hydrogens is 442 g/mol. The van der Waals surface area contributed by atoms with Crippen LogP contribution in [0, 0.1) is 17.8 Å². The monoisotopic (exact) mass is 473 g/mol. The Bertz CT molecular complexity index is 1000. The van der Waals surface area contributed by atoms with E-state index in [2.05, 4.69) is 6.92 Å². The first-order chi connectivity index (χ1) is 15.8. The summed E-state index contributed by atoms with van der Waals surface area (Å²) < 4.78 is 11.7. The number of rotatable bonds is 8. The number of carbonyl (C=O) groups excluding carboxylic acids is 2. The molecule has 2 saturated heterocycles. The number of carbonyl (C=O) groups is 2. The Morgan fingerprint density at radius 2 is 2.09 bits per heavy atom. The summed E-state index contributed by atoms with van der Waals surface area (Å²) in [5.74, 6) is -0.569. The highest BCUT2D eigenvalue weighted by Crippen LogP contribution is 2.49. The van der Waals surface area contributed by atoms with Gasteiger partial charge in [0.15, 0.2) is 0 Å². The molecule has 0 radical (unpaired) electrons. The number of hydrogen-bond acceptors (Lipinski definition) is 5. The number of benzene rings is 1. The Morgan fingerprint density at radius 1 is 1.30 bits per heavy atom. The zero-order valence-electron chi connectivity index (χ0n) is 19.5. The third-order valence-electron chi connectivity index (χ3n) is 7.05. The first-order valence-electron chi connectivity index (χ1n) is 11.7. The lowest BCUT2D eigenvalue weighted by atomic mass is 9.69. The molecule has 0 bridgehead atoms. The molecule has 178 valence electrons. The van der Waals surface area contributed by atoms with Gasteiger partial charge in [0.1, 0.15) is 5.75 Å². The molecule has 33 heavy (non-hydrogen) atoms. The third kappa shape index (κ3) is 4.61. The summed E-state index contributed by atoms with van der Waals surface area (Å²) in [5.41, 5.74) is 4.31. The van der Waals surface area contributed by atoms with Gasteiger partial charge in [0, 0.05) is 19.6 Å². The van der Waals surface area contributed by atoms with Gasteiger partial charge in [-0.25, -0.2) is 0 Å². The van der Waals surface area contributed by atoms with Gasteiger partial charge in [-0.2, -0.15) is 0 Å². The predicted octanol–water partition coefficient (Wildman–Crippen LogP) is 4.60. The van der Waals surface area contributed by atoms with Gasteiger partial charge in [0.25, 0.3) is 0 Å². The number of phenols is 1. The van der Waals surface area contributed by atoms with Crippen molar-refractivity contribution in [1.29, 1.82) is 0 Å². The summed E-state index contributed by atoms with van der Waals surface area (Å²) in [4.78, 5) is 27.6. The van der Waals surface area contributed by atoms with Crippen molar-refractivity contribution in [2.45, 2.75) is 45.6 Å². The highest BCUT2D eigenvalue weighted by molar-refractivity contribution is 6.32. The maximum atomic E-state index is 13.1. The van der Waals surface area contributed by atoms with Crippen molar-refractivity contribution in [1.82, 2.24) is 4.90 Å². The van der Waals surface area contributed by atoms with Crippen LogP contribution >= 0.6 is 11.6 Å². The molecule has 6 nitrogen and oxygen atoms in total. The van der Waals surface area contributed by atoms with Gasteiger partial charge in [-0.3, -0.25) is 14.5 Å². The standard InChI is InChI=1S/C26H32ClNO5/c1-4-9-28-25(30)19-11-17(13-32-3)23-20(24(19)26(28)31)14-33-22(23)8-5-15(2)10-16-6-7-18(29)12-21(16)27/h6-7,10,12,19-20,22,24,29H,4-5,8-9,11,13-14H2,1-3H3/b15-10+/t19-,20+,22-,24-/m1/s1. The summed E-state index contributed by atoms with van der Waals surface area (Å²) in [5, 5.41) is 10.1. The molecule has 4 atom stereocenters. The van der Waals surface area contributed by atoms with Gasteiger partial charge in [-0.05, 0) is 67.5 Å². The Morgan fingerprint density at radius 3 is 2.79 bits per heavy atom. The van der Waals surface area contributed by atoms with E-state index in [9.17, 15) is 14.7 Å². The number of fused-ring (bicyclic) bond motifs is 3. The van der Waals surface area contributed by atoms with Crippen LogP contribution in [0.3, 0.4) is 0 Å². The molecule has 2 heterocycles. The number of likely N-dealkylation sites (tertiary alicyclic amines) is 1. The van der Waals surface area contributed by atoms with E-state index < -0.39 is 0 Å². The molecule has 7 heteroatoms. The molecule has 0 unspecified atom stereocenters. The number of aromatic hydroxyl groups is 1. The number of phenolic OH excluding ortho intramolecular Hbond substituents is 1. The van der Waals surface area contributed by atoms with Gasteiger partial charge < -0.3 is 14.6 Å². The minimum absolute atomic E-state index is 0.0342. The zero-order chi connectivity index (χ0) is 23.7. The highest BCUT2D eigenvalue weighted by atomic mass is 35.5. The number of amides is 2. The van der Waals surface area contributed by atoms with Gasteiger partial charge in [0.2, 0.25) is 11.8 Å². The molecule has 1 N–H and O–H groups in total. The van der Waals surface area contributed by atoms with E-state index in [4.69, 9.17) is 21.1 Å². The predicted molar refractivity (Wildman–Crippen MR) is 127 cm³/mol. The van der Waals surface area contributed by atoms with Crippen LogP contribution in [-0.4, -0.2) is 54.8 Å². The second-order valence-corrected chi connectivity index (χ2v) is 9.73. The van der Waals surface area contributed by atoms with Crippen LogP contribution in [0.1, 0.15) is 45.1 Å². The summed E-state index contributed by atoms with van der Waals surface area (Å²) >= 11 is 6.24. The van der Waals surface area contributed by atoms with Crippen LogP contribution in [0.4, 0.5) is 0 Å². The van der Waals surface area contributed by atoms with E-state index in [-0.39, 0.29) is 41.4 Å². The van der Waals surface area contributed by atoms with Crippen LogP contribution < -0.4 is 0 Å². The molecule has 0 aromatic heterocycles. The van der Waals surface area contributed by atoms with E-state index >= 15 is 0 Å². The van der Waals surface area contributed by atoms with E-state index in [1.54, 1.807) is 19.2 Å². The second-order valence-electron chi connectivity index (χ2n) is 9.32. The van der Waals surface area contributed by atoms with Crippen LogP contribution in [0.5, 0.6) is 5.75 Å². The van der Waals surface area contributed by atoms with Crippen molar-refractivity contribution in [3.05, 3.63) is 45.5 Å². The fourth-order valence-corrected chi connectivity index (χ4v) is 5.85. The van der Waals surface area contributed by atoms with Crippen LogP contribution in [-0.2, 0) is 19.1 Å². The van der Waals surface area contributed by atoms with Gasteiger partial charge in [0.05, 0.1) is 36.2 Å². The smallest absolute Gasteiger partial charge is 0.233 e. The number of allylic oxidation sites excluding steroid dienone is 1. The molecule has 1 aliphatic carbocycles. The van der Waals surface area contributed by atoms with Gasteiger partial charge in [-0.1, -0.05) is 30.2 Å². The molecule has 2 aliphatic heterocycles. The van der Waals surface area contributed by atoms with Crippen molar-refractivity contribution in [3.8, 4) is 5.75 Å². The lowest BCUT2D eigenvalue weighted by Crippen LogP contribution is -2.35. The van der Waals surface area contributed by atoms with Gasteiger partial charge in [-0.15, -0.1) is 0 Å². The Labute approximate surface area is 200 Å². The zero-order valence-corrected chi connectivity index (χ0v) is 20.2. The lowest BCUT2D eigenvalue weighted by Gasteiger charge is -2.31. The summed E-state index contributed by atoms with van der Waals surface area (Å²) in [6.45, 7) is 5.46. The van der Waals surface area contributed by atoms with Crippen molar-refractivity contribution >= 4 is 29.5 Å². The average Bonchev–Trinajstić information content (AvgIpc) is 3.30. The second kappa shape index (κ2) is 10.00. The first-order valence-corrected chi connectivity index (χ1v) is 12.1. The summed E-state index contributed by atoms with van der Waals surface area (Å²) in [6.07, 6.45) is 4.88. The van der Waals surface area contributed by atoms with Crippen LogP contribution in [0.2, 0.25) is 5.02 Å². The molecule has 1 aromatic rings. The number of halogens is 1. The van der Waals surface area contributed by atoms with Crippen molar-refractivity contribution in [2.75, 3.05) is 26.9 Å². The van der Waals surface area contributed by atoms with Crippen molar-refractivity contribution in [2.24, 2.45) is 17.8 Å². The van der Waals surface area contributed by atoms with Crippen LogP contribution in [0.15, 0.2) is 34.9 Å². The van der Waals surface area contributed by atoms with E-state index in [0.29, 0.717) is 31.2 Å². The van der Waals surface area contributed by atoms with Crippen molar-refractivity contribution in [3.63, 3.8) is 0 Å². The first kappa shape index (κ1) is 24.0. The van der Waals surface area contributed by atoms with Gasteiger partial charge >= 0.3 is 0 Å². The molecule has 2 amide bonds.